The van der Waals surface area contributed by atoms with Gasteiger partial charge in [-0.05, 0) is 39.8 Å². The average molecular weight is 267 g/mol. The summed E-state index contributed by atoms with van der Waals surface area (Å²) >= 11 is 1.58. The van der Waals surface area contributed by atoms with E-state index in [1.165, 1.54) is 0 Å². The summed E-state index contributed by atoms with van der Waals surface area (Å²) in [5.74, 6) is 0.143. The molecule has 0 unspecified atom stereocenters. The number of nitrogens with one attached hydrogen (secondary N) is 2. The van der Waals surface area contributed by atoms with Gasteiger partial charge >= 0.3 is 0 Å². The van der Waals surface area contributed by atoms with E-state index in [0.717, 1.165) is 30.9 Å². The normalized spacial score (nSPS) is 19.5. The lowest BCUT2D eigenvalue weighted by atomic mass is 9.79. The molecule has 0 aromatic carbocycles. The molecule has 1 aliphatic rings. The molecule has 1 aromatic rings. The summed E-state index contributed by atoms with van der Waals surface area (Å²) in [6.07, 6.45) is 3.57. The molecule has 2 heterocycles. The maximum absolute atomic E-state index is 12.5. The lowest BCUT2D eigenvalue weighted by molar-refractivity contribution is -0.133. The Morgan fingerprint density at radius 1 is 1.50 bits per heavy atom. The number of nitrogens with zero attached hydrogens (tertiary/aromatic N) is 1. The highest BCUT2D eigenvalue weighted by Gasteiger charge is 2.38. The second-order valence-corrected chi connectivity index (χ2v) is 6.62. The van der Waals surface area contributed by atoms with Crippen LogP contribution in [-0.4, -0.2) is 24.0 Å². The highest BCUT2D eigenvalue weighted by molar-refractivity contribution is 7.09. The molecule has 2 rings (SSSR count). The summed E-state index contributed by atoms with van der Waals surface area (Å²) in [7, 11) is 0. The second-order valence-electron chi connectivity index (χ2n) is 5.73. The van der Waals surface area contributed by atoms with E-state index >= 15 is 0 Å². The van der Waals surface area contributed by atoms with Gasteiger partial charge in [0, 0.05) is 17.0 Å². The van der Waals surface area contributed by atoms with Crippen LogP contribution in [0.4, 0.5) is 0 Å². The summed E-state index contributed by atoms with van der Waals surface area (Å²) in [6.45, 7) is 7.91. The van der Waals surface area contributed by atoms with Gasteiger partial charge in [0.2, 0.25) is 5.91 Å². The Morgan fingerprint density at radius 2 is 2.17 bits per heavy atom. The van der Waals surface area contributed by atoms with E-state index in [9.17, 15) is 4.79 Å². The molecule has 0 bridgehead atoms. The summed E-state index contributed by atoms with van der Waals surface area (Å²) in [4.78, 5) is 16.8. The number of piperidine rings is 1. The lowest BCUT2D eigenvalue weighted by Crippen LogP contribution is -2.51. The molecule has 1 fully saturated rings. The number of rotatable bonds is 3. The molecule has 1 amide bonds. The molecule has 0 spiro atoms. The van der Waals surface area contributed by atoms with Crippen molar-refractivity contribution in [2.24, 2.45) is 5.41 Å². The average Bonchev–Trinajstić information content (AvgIpc) is 2.83. The summed E-state index contributed by atoms with van der Waals surface area (Å²) in [6, 6.07) is 0. The van der Waals surface area contributed by atoms with Crippen molar-refractivity contribution >= 4 is 17.2 Å². The number of carbonyl (C=O) groups excluding carboxylic acids is 1. The quantitative estimate of drug-likeness (QED) is 0.879. The zero-order valence-electron chi connectivity index (χ0n) is 11.2. The van der Waals surface area contributed by atoms with Crippen molar-refractivity contribution in [2.45, 2.75) is 39.2 Å². The van der Waals surface area contributed by atoms with Crippen LogP contribution in [0.2, 0.25) is 0 Å². The molecular formula is C13H21N3OS. The molecule has 1 aromatic heterocycles. The minimum atomic E-state index is -0.390. The van der Waals surface area contributed by atoms with E-state index in [4.69, 9.17) is 0 Å². The van der Waals surface area contributed by atoms with Crippen LogP contribution in [0.3, 0.4) is 0 Å². The molecule has 0 saturated carbocycles. The molecule has 18 heavy (non-hydrogen) atoms. The van der Waals surface area contributed by atoms with Gasteiger partial charge in [-0.25, -0.2) is 4.98 Å². The zero-order chi connectivity index (χ0) is 13.2. The number of hydrogen-bond acceptors (Lipinski definition) is 4. The molecule has 100 valence electrons. The maximum Gasteiger partial charge on any atom is 0.226 e. The molecule has 5 heteroatoms. The molecule has 0 radical (unpaired) electrons. The number of thiazole rings is 1. The molecule has 0 atom stereocenters. The molecular weight excluding hydrogens is 246 g/mol. The van der Waals surface area contributed by atoms with Crippen molar-refractivity contribution < 1.29 is 4.79 Å². The molecule has 1 aliphatic heterocycles. The Kier molecular flexibility index (Phi) is 3.73. The second kappa shape index (κ2) is 4.97. The fourth-order valence-corrected chi connectivity index (χ4v) is 2.94. The fraction of sp³-hybridized carbons (Fsp3) is 0.692. The number of hydrogen-bond donors (Lipinski definition) is 2. The molecule has 0 aliphatic carbocycles. The monoisotopic (exact) mass is 267 g/mol. The first-order valence-electron chi connectivity index (χ1n) is 6.37. The van der Waals surface area contributed by atoms with Gasteiger partial charge in [-0.15, -0.1) is 11.3 Å². The number of carbonyl (C=O) groups is 1. The maximum atomic E-state index is 12.5. The van der Waals surface area contributed by atoms with E-state index in [1.54, 1.807) is 17.5 Å². The van der Waals surface area contributed by atoms with Gasteiger partial charge in [0.25, 0.3) is 0 Å². The van der Waals surface area contributed by atoms with Crippen molar-refractivity contribution in [3.05, 3.63) is 16.6 Å². The number of aromatic nitrogens is 1. The zero-order valence-corrected chi connectivity index (χ0v) is 12.1. The van der Waals surface area contributed by atoms with Gasteiger partial charge in [0.15, 0.2) is 0 Å². The van der Waals surface area contributed by atoms with E-state index < -0.39 is 0 Å². The molecule has 1 saturated heterocycles. The van der Waals surface area contributed by atoms with Gasteiger partial charge < -0.3 is 10.6 Å². The minimum absolute atomic E-state index is 0.143. The Balaban J connectivity index is 2.06. The highest BCUT2D eigenvalue weighted by Crippen LogP contribution is 2.30. The standard InChI is InChI=1S/C13H21N3OS/c1-12(2,11-15-8-9-18-11)16-10(17)13(3)4-6-14-7-5-13/h8-9,14H,4-7H2,1-3H3,(H,16,17). The highest BCUT2D eigenvalue weighted by atomic mass is 32.1. The van der Waals surface area contributed by atoms with Crippen molar-refractivity contribution in [3.63, 3.8) is 0 Å². The first-order valence-corrected chi connectivity index (χ1v) is 7.25. The fourth-order valence-electron chi connectivity index (χ4n) is 2.23. The first-order chi connectivity index (χ1) is 8.44. The predicted octanol–water partition coefficient (Wildman–Crippen LogP) is 1.88. The Bertz CT molecular complexity index is 408. The van der Waals surface area contributed by atoms with E-state index in [2.05, 4.69) is 22.5 Å². The summed E-state index contributed by atoms with van der Waals surface area (Å²) < 4.78 is 0. The smallest absolute Gasteiger partial charge is 0.226 e. The van der Waals surface area contributed by atoms with Crippen LogP contribution in [0.25, 0.3) is 0 Å². The molecule has 2 N–H and O–H groups in total. The first kappa shape index (κ1) is 13.5. The minimum Gasteiger partial charge on any atom is -0.344 e. The van der Waals surface area contributed by atoms with Gasteiger partial charge in [-0.1, -0.05) is 6.92 Å². The predicted molar refractivity (Wildman–Crippen MR) is 73.5 cm³/mol. The number of amides is 1. The van der Waals surface area contributed by atoms with Gasteiger partial charge in [-0.2, -0.15) is 0 Å². The van der Waals surface area contributed by atoms with Crippen LogP contribution in [0.1, 0.15) is 38.6 Å². The third-order valence-electron chi connectivity index (χ3n) is 3.65. The summed E-state index contributed by atoms with van der Waals surface area (Å²) in [5, 5.41) is 9.34. The van der Waals surface area contributed by atoms with Crippen molar-refractivity contribution in [3.8, 4) is 0 Å². The third kappa shape index (κ3) is 2.72. The van der Waals surface area contributed by atoms with Crippen molar-refractivity contribution in [1.29, 1.82) is 0 Å². The molecule has 4 nitrogen and oxygen atoms in total. The van der Waals surface area contributed by atoms with Gasteiger partial charge in [0.05, 0.1) is 5.54 Å². The van der Waals surface area contributed by atoms with Crippen LogP contribution in [-0.2, 0) is 10.3 Å². The Labute approximate surface area is 112 Å². The topological polar surface area (TPSA) is 54.0 Å². The van der Waals surface area contributed by atoms with Gasteiger partial charge in [-0.3, -0.25) is 4.79 Å². The Morgan fingerprint density at radius 3 is 2.72 bits per heavy atom. The van der Waals surface area contributed by atoms with Crippen molar-refractivity contribution in [2.75, 3.05) is 13.1 Å². The van der Waals surface area contributed by atoms with Crippen LogP contribution in [0.15, 0.2) is 11.6 Å². The van der Waals surface area contributed by atoms with Crippen LogP contribution >= 0.6 is 11.3 Å². The largest absolute Gasteiger partial charge is 0.344 e. The van der Waals surface area contributed by atoms with Crippen LogP contribution < -0.4 is 10.6 Å². The van der Waals surface area contributed by atoms with Crippen LogP contribution in [0, 0.1) is 5.41 Å². The third-order valence-corrected chi connectivity index (χ3v) is 4.75. The summed E-state index contributed by atoms with van der Waals surface area (Å²) in [5.41, 5.74) is -0.640. The van der Waals surface area contributed by atoms with Gasteiger partial charge in [0.1, 0.15) is 5.01 Å². The van der Waals surface area contributed by atoms with E-state index in [-0.39, 0.29) is 16.9 Å². The Hall–Kier alpha value is -0.940. The van der Waals surface area contributed by atoms with E-state index in [0.29, 0.717) is 0 Å². The van der Waals surface area contributed by atoms with Crippen molar-refractivity contribution in [1.82, 2.24) is 15.6 Å². The lowest BCUT2D eigenvalue weighted by Gasteiger charge is -2.36. The van der Waals surface area contributed by atoms with Crippen LogP contribution in [0.5, 0.6) is 0 Å². The van der Waals surface area contributed by atoms with E-state index in [1.807, 2.05) is 19.2 Å². The SMILES string of the molecule is CC1(C(=O)NC(C)(C)c2nccs2)CCNCC1.